The fourth-order valence-electron chi connectivity index (χ4n) is 3.57. The molecule has 4 aromatic rings. The van der Waals surface area contributed by atoms with E-state index in [4.69, 9.17) is 0 Å². The van der Waals surface area contributed by atoms with Crippen molar-refractivity contribution in [2.45, 2.75) is 18.4 Å². The molecular weight excluding hydrogens is 420 g/mol. The van der Waals surface area contributed by atoms with E-state index in [-0.39, 0.29) is 17.3 Å². The maximum Gasteiger partial charge on any atom is 0.264 e. The van der Waals surface area contributed by atoms with E-state index in [1.54, 1.807) is 30.3 Å². The molecule has 32 heavy (non-hydrogen) atoms. The Morgan fingerprint density at radius 1 is 0.812 bits per heavy atom. The van der Waals surface area contributed by atoms with Gasteiger partial charge in [0.2, 0.25) is 5.91 Å². The largest absolute Gasteiger partial charge is 0.350 e. The third kappa shape index (κ3) is 4.65. The van der Waals surface area contributed by atoms with Gasteiger partial charge >= 0.3 is 0 Å². The lowest BCUT2D eigenvalue weighted by molar-refractivity contribution is -0.119. The van der Waals surface area contributed by atoms with Crippen molar-refractivity contribution < 1.29 is 13.2 Å². The highest BCUT2D eigenvalue weighted by atomic mass is 32.2. The second kappa shape index (κ2) is 9.24. The minimum absolute atomic E-state index is 0.141. The monoisotopic (exact) mass is 444 g/mol. The van der Waals surface area contributed by atoms with Crippen LogP contribution < -0.4 is 9.62 Å². The predicted molar refractivity (Wildman–Crippen MR) is 128 cm³/mol. The van der Waals surface area contributed by atoms with Crippen molar-refractivity contribution in [3.63, 3.8) is 0 Å². The van der Waals surface area contributed by atoms with Gasteiger partial charge in [-0.2, -0.15) is 0 Å². The van der Waals surface area contributed by atoms with E-state index in [0.29, 0.717) is 12.2 Å². The molecule has 0 aliphatic rings. The summed E-state index contributed by atoms with van der Waals surface area (Å²) in [6.07, 6.45) is 0. The Hall–Kier alpha value is -3.64. The number of sulfonamides is 1. The molecule has 0 spiro atoms. The van der Waals surface area contributed by atoms with Gasteiger partial charge in [0.1, 0.15) is 6.54 Å². The van der Waals surface area contributed by atoms with Crippen LogP contribution in [-0.2, 0) is 21.4 Å². The molecule has 0 aliphatic carbocycles. The Bertz CT molecular complexity index is 1330. The van der Waals surface area contributed by atoms with E-state index in [0.717, 1.165) is 26.2 Å². The summed E-state index contributed by atoms with van der Waals surface area (Å²) in [5, 5.41) is 5.03. The normalized spacial score (nSPS) is 11.3. The summed E-state index contributed by atoms with van der Waals surface area (Å²) in [6, 6.07) is 29.1. The lowest BCUT2D eigenvalue weighted by Gasteiger charge is -2.24. The quantitative estimate of drug-likeness (QED) is 0.451. The number of rotatable bonds is 7. The minimum Gasteiger partial charge on any atom is -0.350 e. The van der Waals surface area contributed by atoms with Gasteiger partial charge in [0.15, 0.2) is 0 Å². The van der Waals surface area contributed by atoms with Crippen LogP contribution in [0.5, 0.6) is 0 Å². The van der Waals surface area contributed by atoms with E-state index in [2.05, 4.69) is 5.32 Å². The van der Waals surface area contributed by atoms with Gasteiger partial charge in [0.25, 0.3) is 10.0 Å². The molecular formula is C26H24N2O3S. The lowest BCUT2D eigenvalue weighted by atomic mass is 10.0. The van der Waals surface area contributed by atoms with E-state index in [9.17, 15) is 13.2 Å². The van der Waals surface area contributed by atoms with Crippen molar-refractivity contribution in [1.82, 2.24) is 5.32 Å². The topological polar surface area (TPSA) is 66.5 Å². The maximum absolute atomic E-state index is 13.3. The number of carbonyl (C=O) groups excluding carboxylic acids is 1. The van der Waals surface area contributed by atoms with E-state index >= 15 is 0 Å². The number of nitrogens with zero attached hydrogens (tertiary/aromatic N) is 1. The zero-order chi connectivity index (χ0) is 22.6. The SMILES string of the molecule is Cc1ccc(N(CC(=O)NCc2cccc3ccccc23)S(=O)(=O)c2ccccc2)cc1. The highest BCUT2D eigenvalue weighted by Gasteiger charge is 2.27. The van der Waals surface area contributed by atoms with Crippen LogP contribution in [0.25, 0.3) is 10.8 Å². The van der Waals surface area contributed by atoms with Crippen LogP contribution in [0.15, 0.2) is 102 Å². The molecule has 0 aliphatic heterocycles. The van der Waals surface area contributed by atoms with Gasteiger partial charge in [0.05, 0.1) is 10.6 Å². The zero-order valence-electron chi connectivity index (χ0n) is 17.7. The first-order chi connectivity index (χ1) is 15.4. The third-order valence-corrected chi connectivity index (χ3v) is 7.08. The van der Waals surface area contributed by atoms with Crippen molar-refractivity contribution in [3.8, 4) is 0 Å². The molecule has 6 heteroatoms. The standard InChI is InChI=1S/C26H24N2O3S/c1-20-14-16-23(17-15-20)28(32(30,31)24-11-3-2-4-12-24)19-26(29)27-18-22-10-7-9-21-8-5-6-13-25(21)22/h2-17H,18-19H2,1H3,(H,27,29). The van der Waals surface area contributed by atoms with Crippen LogP contribution in [0, 0.1) is 6.92 Å². The second-order valence-electron chi connectivity index (χ2n) is 7.58. The van der Waals surface area contributed by atoms with Gasteiger partial charge in [-0.25, -0.2) is 8.42 Å². The highest BCUT2D eigenvalue weighted by Crippen LogP contribution is 2.24. The maximum atomic E-state index is 13.3. The molecule has 0 radical (unpaired) electrons. The number of hydrogen-bond acceptors (Lipinski definition) is 3. The number of amides is 1. The Kier molecular flexibility index (Phi) is 6.23. The number of nitrogens with one attached hydrogen (secondary N) is 1. The lowest BCUT2D eigenvalue weighted by Crippen LogP contribution is -2.40. The fourth-order valence-corrected chi connectivity index (χ4v) is 5.01. The zero-order valence-corrected chi connectivity index (χ0v) is 18.5. The minimum atomic E-state index is -3.91. The number of carbonyl (C=O) groups is 1. The van der Waals surface area contributed by atoms with E-state index in [1.165, 1.54) is 12.1 Å². The summed E-state index contributed by atoms with van der Waals surface area (Å²) in [4.78, 5) is 13.0. The first kappa shape index (κ1) is 21.6. The van der Waals surface area contributed by atoms with Gasteiger partial charge in [-0.15, -0.1) is 0 Å². The van der Waals surface area contributed by atoms with Gasteiger partial charge in [-0.1, -0.05) is 78.4 Å². The molecule has 1 amide bonds. The van der Waals surface area contributed by atoms with Crippen molar-refractivity contribution in [1.29, 1.82) is 0 Å². The molecule has 0 bridgehead atoms. The number of hydrogen-bond donors (Lipinski definition) is 1. The van der Waals surface area contributed by atoms with Crippen LogP contribution in [0.3, 0.4) is 0 Å². The molecule has 4 rings (SSSR count). The Labute approximate surface area is 188 Å². The van der Waals surface area contributed by atoms with Gasteiger partial charge in [0, 0.05) is 6.54 Å². The molecule has 0 saturated heterocycles. The second-order valence-corrected chi connectivity index (χ2v) is 9.44. The number of anilines is 1. The first-order valence-electron chi connectivity index (χ1n) is 10.3. The van der Waals surface area contributed by atoms with Crippen LogP contribution in [0.1, 0.15) is 11.1 Å². The van der Waals surface area contributed by atoms with Gasteiger partial charge < -0.3 is 5.32 Å². The molecule has 5 nitrogen and oxygen atoms in total. The molecule has 0 fully saturated rings. The Morgan fingerprint density at radius 2 is 1.47 bits per heavy atom. The third-order valence-electron chi connectivity index (χ3n) is 5.30. The molecule has 162 valence electrons. The molecule has 1 N–H and O–H groups in total. The first-order valence-corrected chi connectivity index (χ1v) is 11.8. The van der Waals surface area contributed by atoms with Gasteiger partial charge in [-0.05, 0) is 47.5 Å². The Morgan fingerprint density at radius 3 is 2.22 bits per heavy atom. The summed E-state index contributed by atoms with van der Waals surface area (Å²) < 4.78 is 27.8. The highest BCUT2D eigenvalue weighted by molar-refractivity contribution is 7.92. The summed E-state index contributed by atoms with van der Waals surface area (Å²) in [7, 11) is -3.91. The molecule has 0 saturated carbocycles. The van der Waals surface area contributed by atoms with Gasteiger partial charge in [-0.3, -0.25) is 9.10 Å². The van der Waals surface area contributed by atoms with Crippen molar-refractivity contribution in [2.75, 3.05) is 10.8 Å². The van der Waals surface area contributed by atoms with Crippen molar-refractivity contribution in [3.05, 3.63) is 108 Å². The number of fused-ring (bicyclic) bond motifs is 1. The molecule has 0 heterocycles. The summed E-state index contributed by atoms with van der Waals surface area (Å²) in [5.74, 6) is -0.377. The average Bonchev–Trinajstić information content (AvgIpc) is 2.82. The van der Waals surface area contributed by atoms with Crippen LogP contribution in [-0.4, -0.2) is 20.9 Å². The van der Waals surface area contributed by atoms with E-state index < -0.39 is 10.0 Å². The summed E-state index contributed by atoms with van der Waals surface area (Å²) >= 11 is 0. The fraction of sp³-hybridized carbons (Fsp3) is 0.115. The van der Waals surface area contributed by atoms with Crippen molar-refractivity contribution in [2.24, 2.45) is 0 Å². The average molecular weight is 445 g/mol. The Balaban J connectivity index is 1.58. The van der Waals surface area contributed by atoms with E-state index in [1.807, 2.05) is 61.5 Å². The number of benzene rings is 4. The smallest absolute Gasteiger partial charge is 0.264 e. The molecule has 4 aromatic carbocycles. The molecule has 0 aromatic heterocycles. The van der Waals surface area contributed by atoms with Crippen LogP contribution in [0.2, 0.25) is 0 Å². The molecule has 0 atom stereocenters. The van der Waals surface area contributed by atoms with Crippen LogP contribution in [0.4, 0.5) is 5.69 Å². The number of aryl methyl sites for hydroxylation is 1. The predicted octanol–water partition coefficient (Wildman–Crippen LogP) is 4.66. The van der Waals surface area contributed by atoms with Crippen molar-refractivity contribution >= 4 is 32.4 Å². The summed E-state index contributed by atoms with van der Waals surface area (Å²) in [6.45, 7) is 1.93. The molecule has 0 unspecified atom stereocenters. The van der Waals surface area contributed by atoms with Crippen LogP contribution >= 0.6 is 0 Å². The summed E-state index contributed by atoms with van der Waals surface area (Å²) in [5.41, 5.74) is 2.43.